The number of nitrogens with zero attached hydrogens (tertiary/aromatic N) is 4. The average Bonchev–Trinajstić information content (AvgIpc) is 3.25. The number of halogens is 1. The van der Waals surface area contributed by atoms with E-state index in [0.717, 1.165) is 14.9 Å². The lowest BCUT2D eigenvalue weighted by molar-refractivity contribution is -0.137. The number of aromatic nitrogens is 3. The predicted molar refractivity (Wildman–Crippen MR) is 105 cm³/mol. The van der Waals surface area contributed by atoms with E-state index in [1.807, 2.05) is 0 Å². The molecular weight excluding hydrogens is 415 g/mol. The van der Waals surface area contributed by atoms with E-state index in [1.54, 1.807) is 19.1 Å². The molecule has 0 saturated carbocycles. The number of carboxylic acids is 1. The summed E-state index contributed by atoms with van der Waals surface area (Å²) in [6, 6.07) is 6.56. The van der Waals surface area contributed by atoms with Gasteiger partial charge < -0.3 is 5.11 Å². The van der Waals surface area contributed by atoms with Crippen molar-refractivity contribution in [3.05, 3.63) is 58.4 Å². The van der Waals surface area contributed by atoms with Crippen molar-refractivity contribution < 1.29 is 22.7 Å². The number of rotatable bonds is 5. The predicted octanol–water partition coefficient (Wildman–Crippen LogP) is 1.37. The maximum Gasteiger partial charge on any atom is 0.331 e. The first-order valence-electron chi connectivity index (χ1n) is 9.24. The fourth-order valence-electron chi connectivity index (χ4n) is 3.82. The van der Waals surface area contributed by atoms with Crippen LogP contribution in [0.15, 0.2) is 46.2 Å². The molecule has 0 aliphatic carbocycles. The summed E-state index contributed by atoms with van der Waals surface area (Å²) in [6.45, 7) is 1.19. The number of sulfonamides is 1. The first kappa shape index (κ1) is 20.2. The van der Waals surface area contributed by atoms with Crippen molar-refractivity contribution in [1.82, 2.24) is 18.4 Å². The maximum absolute atomic E-state index is 14.3. The van der Waals surface area contributed by atoms with Gasteiger partial charge in [-0.1, -0.05) is 6.07 Å². The highest BCUT2D eigenvalue weighted by Gasteiger charge is 2.36. The van der Waals surface area contributed by atoms with E-state index in [0.29, 0.717) is 17.5 Å². The van der Waals surface area contributed by atoms with Crippen LogP contribution in [0.5, 0.6) is 0 Å². The second-order valence-corrected chi connectivity index (χ2v) is 9.12. The van der Waals surface area contributed by atoms with Crippen molar-refractivity contribution in [2.75, 3.05) is 13.1 Å². The number of fused-ring (bicyclic) bond motifs is 1. The van der Waals surface area contributed by atoms with Crippen molar-refractivity contribution in [2.45, 2.75) is 30.8 Å². The molecule has 30 heavy (non-hydrogen) atoms. The van der Waals surface area contributed by atoms with Crippen LogP contribution in [0.3, 0.4) is 0 Å². The largest absolute Gasteiger partial charge is 0.480 e. The van der Waals surface area contributed by atoms with Crippen LogP contribution < -0.4 is 5.69 Å². The number of benzene rings is 1. The summed E-state index contributed by atoms with van der Waals surface area (Å²) in [4.78, 5) is 27.9. The van der Waals surface area contributed by atoms with Gasteiger partial charge in [0, 0.05) is 19.3 Å². The molecule has 1 saturated heterocycles. The van der Waals surface area contributed by atoms with Gasteiger partial charge in [0.2, 0.25) is 10.0 Å². The molecule has 158 valence electrons. The monoisotopic (exact) mass is 434 g/mol. The minimum absolute atomic E-state index is 0.0433. The van der Waals surface area contributed by atoms with Gasteiger partial charge in [-0.3, -0.25) is 13.9 Å². The van der Waals surface area contributed by atoms with Gasteiger partial charge in [-0.15, -0.1) is 0 Å². The van der Waals surface area contributed by atoms with Gasteiger partial charge in [-0.25, -0.2) is 22.6 Å². The van der Waals surface area contributed by atoms with Crippen LogP contribution in [0.1, 0.15) is 18.0 Å². The summed E-state index contributed by atoms with van der Waals surface area (Å²) in [5.41, 5.74) is 0.678. The summed E-state index contributed by atoms with van der Waals surface area (Å²) < 4.78 is 43.7. The number of hydrogen-bond donors (Lipinski definition) is 1. The third-order valence-electron chi connectivity index (χ3n) is 5.21. The molecule has 1 aromatic carbocycles. The Labute approximate surface area is 171 Å². The summed E-state index contributed by atoms with van der Waals surface area (Å²) in [5, 5.41) is 9.13. The molecule has 0 amide bonds. The molecule has 1 fully saturated rings. The Morgan fingerprint density at radius 2 is 2.10 bits per heavy atom. The number of aliphatic carboxylic acids is 1. The van der Waals surface area contributed by atoms with E-state index in [9.17, 15) is 22.4 Å². The topological polar surface area (TPSA) is 114 Å². The van der Waals surface area contributed by atoms with Crippen molar-refractivity contribution in [3.63, 3.8) is 0 Å². The highest BCUT2D eigenvalue weighted by molar-refractivity contribution is 7.89. The van der Waals surface area contributed by atoms with Crippen molar-refractivity contribution in [3.8, 4) is 0 Å². The van der Waals surface area contributed by atoms with Crippen LogP contribution >= 0.6 is 0 Å². The number of pyridine rings is 1. The molecule has 3 heterocycles. The van der Waals surface area contributed by atoms with E-state index >= 15 is 0 Å². The summed E-state index contributed by atoms with van der Waals surface area (Å²) in [7, 11) is -4.08. The third kappa shape index (κ3) is 3.29. The molecule has 3 aromatic rings. The first-order chi connectivity index (χ1) is 14.2. The minimum atomic E-state index is -4.08. The second kappa shape index (κ2) is 7.33. The van der Waals surface area contributed by atoms with Gasteiger partial charge in [0.25, 0.3) is 0 Å². The minimum Gasteiger partial charge on any atom is -0.480 e. The zero-order chi connectivity index (χ0) is 21.6. The van der Waals surface area contributed by atoms with Crippen LogP contribution in [0.25, 0.3) is 11.2 Å². The Balaban J connectivity index is 1.72. The number of aryl methyl sites for hydroxylation is 1. The Kier molecular flexibility index (Phi) is 4.94. The highest BCUT2D eigenvalue weighted by atomic mass is 32.2. The third-order valence-corrected chi connectivity index (χ3v) is 7.11. The molecule has 0 radical (unpaired) electrons. The molecular formula is C19H19FN4O5S. The van der Waals surface area contributed by atoms with E-state index in [1.165, 1.54) is 22.9 Å². The molecule has 9 nitrogen and oxygen atoms in total. The smallest absolute Gasteiger partial charge is 0.331 e. The van der Waals surface area contributed by atoms with Gasteiger partial charge in [0.05, 0.1) is 11.6 Å². The molecule has 1 atom stereocenters. The average molecular weight is 434 g/mol. The summed E-state index contributed by atoms with van der Waals surface area (Å²) >= 11 is 0. The molecule has 2 aromatic heterocycles. The van der Waals surface area contributed by atoms with Crippen LogP contribution in [0, 0.1) is 12.7 Å². The van der Waals surface area contributed by atoms with Crippen molar-refractivity contribution >= 4 is 27.2 Å². The quantitative estimate of drug-likeness (QED) is 0.649. The van der Waals surface area contributed by atoms with E-state index in [-0.39, 0.29) is 18.7 Å². The van der Waals surface area contributed by atoms with Crippen LogP contribution in [-0.2, 0) is 21.4 Å². The molecule has 1 N–H and O–H groups in total. The Morgan fingerprint density at radius 3 is 2.80 bits per heavy atom. The van der Waals surface area contributed by atoms with E-state index in [4.69, 9.17) is 5.11 Å². The Hall–Kier alpha value is -3.05. The zero-order valence-corrected chi connectivity index (χ0v) is 16.8. The second-order valence-electron chi connectivity index (χ2n) is 7.22. The van der Waals surface area contributed by atoms with E-state index < -0.39 is 45.0 Å². The SMILES string of the molecule is Cc1ccc(S(=O)(=O)N2CC[C@@H](n3c(=O)n(CC(=O)O)c4cccnc43)C2)c(F)c1. The molecule has 4 rings (SSSR count). The lowest BCUT2D eigenvalue weighted by Gasteiger charge is -2.17. The van der Waals surface area contributed by atoms with Crippen molar-refractivity contribution in [1.29, 1.82) is 0 Å². The normalized spacial score (nSPS) is 17.6. The van der Waals surface area contributed by atoms with Gasteiger partial charge in [0.15, 0.2) is 5.65 Å². The Morgan fingerprint density at radius 1 is 1.33 bits per heavy atom. The number of carboxylic acid groups (broad SMARTS) is 1. The van der Waals surface area contributed by atoms with Gasteiger partial charge in [-0.05, 0) is 43.2 Å². The fraction of sp³-hybridized carbons (Fsp3) is 0.316. The molecule has 1 aliphatic rings. The zero-order valence-electron chi connectivity index (χ0n) is 16.0. The molecule has 0 spiro atoms. The van der Waals surface area contributed by atoms with Gasteiger partial charge in [-0.2, -0.15) is 4.31 Å². The number of hydrogen-bond acceptors (Lipinski definition) is 5. The molecule has 0 unspecified atom stereocenters. The molecule has 1 aliphatic heterocycles. The van der Waals surface area contributed by atoms with Gasteiger partial charge in [0.1, 0.15) is 17.3 Å². The molecule has 11 heteroatoms. The fourth-order valence-corrected chi connectivity index (χ4v) is 5.36. The molecule has 0 bridgehead atoms. The van der Waals surface area contributed by atoms with Crippen molar-refractivity contribution in [2.24, 2.45) is 0 Å². The number of imidazole rings is 1. The lowest BCUT2D eigenvalue weighted by atomic mass is 10.2. The van der Waals surface area contributed by atoms with Crippen LogP contribution in [-0.4, -0.2) is 51.0 Å². The van der Waals surface area contributed by atoms with Gasteiger partial charge >= 0.3 is 11.7 Å². The summed E-state index contributed by atoms with van der Waals surface area (Å²) in [6.07, 6.45) is 1.80. The summed E-state index contributed by atoms with van der Waals surface area (Å²) in [5.74, 6) is -2.00. The Bertz CT molecular complexity index is 1310. The van der Waals surface area contributed by atoms with E-state index in [2.05, 4.69) is 4.98 Å². The highest BCUT2D eigenvalue weighted by Crippen LogP contribution is 2.29. The standard InChI is InChI=1S/C19H19FN4O5S/c1-12-4-5-16(14(20)9-12)30(28,29)22-8-6-13(10-22)24-18-15(3-2-7-21-18)23(19(24)27)11-17(25)26/h2-5,7,9,13H,6,8,10-11H2,1H3,(H,25,26)/t13-/m1/s1. The van der Waals surface area contributed by atoms with Crippen LogP contribution in [0.2, 0.25) is 0 Å². The first-order valence-corrected chi connectivity index (χ1v) is 10.7. The lowest BCUT2D eigenvalue weighted by Crippen LogP contribution is -2.33. The van der Waals surface area contributed by atoms with Crippen LogP contribution in [0.4, 0.5) is 4.39 Å². The number of carbonyl (C=O) groups is 1. The maximum atomic E-state index is 14.3.